The van der Waals surface area contributed by atoms with E-state index >= 15 is 4.39 Å². The Hall–Kier alpha value is -3.98. The molecule has 5 rings (SSSR count). The van der Waals surface area contributed by atoms with Gasteiger partial charge in [0.05, 0.1) is 18.6 Å². The molecule has 0 saturated carbocycles. The van der Waals surface area contributed by atoms with Gasteiger partial charge >= 0.3 is 5.97 Å². The third-order valence-corrected chi connectivity index (χ3v) is 7.10. The molecular formula is C30H31FN2O6. The Balaban J connectivity index is 1.28. The highest BCUT2D eigenvalue weighted by atomic mass is 19.1. The number of aromatic nitrogens is 1. The topological polar surface area (TPSA) is 107 Å². The van der Waals surface area contributed by atoms with Gasteiger partial charge in [-0.15, -0.1) is 0 Å². The molecule has 0 unspecified atom stereocenters. The number of rotatable bonds is 11. The summed E-state index contributed by atoms with van der Waals surface area (Å²) in [7, 11) is 0. The Morgan fingerprint density at radius 2 is 1.92 bits per heavy atom. The minimum absolute atomic E-state index is 0.00118. The fourth-order valence-corrected chi connectivity index (χ4v) is 5.24. The molecule has 2 aliphatic rings. The lowest BCUT2D eigenvalue weighted by Gasteiger charge is -2.18. The number of ether oxygens (including phenoxy) is 3. The largest absolute Gasteiger partial charge is 0.486 e. The Bertz CT molecular complexity index is 1350. The number of nitrogens with one attached hydrogen (secondary N) is 1. The number of nitrogens with zero attached hydrogens (tertiary/aromatic N) is 1. The van der Waals surface area contributed by atoms with Gasteiger partial charge in [0, 0.05) is 24.7 Å². The van der Waals surface area contributed by atoms with Crippen LogP contribution in [0.5, 0.6) is 11.6 Å². The van der Waals surface area contributed by atoms with E-state index in [1.165, 1.54) is 0 Å². The minimum atomic E-state index is -0.917. The number of carbonyl (C=O) groups excluding carboxylic acids is 1. The molecule has 2 N–H and O–H groups in total. The summed E-state index contributed by atoms with van der Waals surface area (Å²) >= 11 is 0. The molecule has 0 radical (unpaired) electrons. The summed E-state index contributed by atoms with van der Waals surface area (Å²) in [6.45, 7) is 2.51. The molecule has 1 amide bonds. The molecule has 204 valence electrons. The minimum Gasteiger partial charge on any atom is -0.486 e. The van der Waals surface area contributed by atoms with Crippen molar-refractivity contribution in [3.05, 3.63) is 77.2 Å². The predicted octanol–water partition coefficient (Wildman–Crippen LogP) is 5.16. The van der Waals surface area contributed by atoms with Crippen LogP contribution in [0, 0.1) is 5.95 Å². The standard InChI is InChI=1S/C30H31FN2O6/c1-2-37-26(16-29(35)36)18-6-9-20(10-7-18)39-25-13-11-22-21(4-3-5-23(22)25)24-12-15-28(33-30(24)31)38-17-19-8-14-27(34)32-19/h3-7,9-10,12,15,19,25-26H,2,8,11,13-14,16-17H2,1H3,(H,32,34)(H,35,36)/t19-,25-,26+/m1/s1. The van der Waals surface area contributed by atoms with E-state index in [0.717, 1.165) is 35.1 Å². The molecule has 1 aliphatic carbocycles. The van der Waals surface area contributed by atoms with Crippen LogP contribution in [0.1, 0.15) is 61.5 Å². The number of aliphatic carboxylic acids is 1. The number of amides is 1. The predicted molar refractivity (Wildman–Crippen MR) is 141 cm³/mol. The second-order valence-electron chi connectivity index (χ2n) is 9.73. The van der Waals surface area contributed by atoms with E-state index in [1.807, 2.05) is 49.4 Å². The molecule has 0 spiro atoms. The zero-order chi connectivity index (χ0) is 27.4. The smallest absolute Gasteiger partial charge is 0.306 e. The van der Waals surface area contributed by atoms with Gasteiger partial charge < -0.3 is 24.6 Å². The van der Waals surface area contributed by atoms with Gasteiger partial charge in [-0.1, -0.05) is 30.3 Å². The monoisotopic (exact) mass is 534 g/mol. The third-order valence-electron chi connectivity index (χ3n) is 7.10. The number of carboxylic acids is 1. The first-order valence-electron chi connectivity index (χ1n) is 13.2. The van der Waals surface area contributed by atoms with Gasteiger partial charge in [0.25, 0.3) is 0 Å². The summed E-state index contributed by atoms with van der Waals surface area (Å²) in [5.74, 6) is -0.673. The van der Waals surface area contributed by atoms with Crippen LogP contribution in [0.15, 0.2) is 54.6 Å². The van der Waals surface area contributed by atoms with Crippen LogP contribution in [0.2, 0.25) is 0 Å². The van der Waals surface area contributed by atoms with Crippen LogP contribution in [-0.4, -0.2) is 41.2 Å². The maximum absolute atomic E-state index is 15.1. The average molecular weight is 535 g/mol. The summed E-state index contributed by atoms with van der Waals surface area (Å²) in [4.78, 5) is 26.5. The normalized spacial score (nSPS) is 18.9. The average Bonchev–Trinajstić information content (AvgIpc) is 3.53. The SMILES string of the molecule is CCO[C@@H](CC(=O)O)c1ccc(O[C@@H]2CCc3c(-c4ccc(OC[C@H]5CCC(=O)N5)nc4F)cccc32)cc1. The Labute approximate surface area is 226 Å². The molecule has 1 aromatic heterocycles. The molecule has 0 bridgehead atoms. The van der Waals surface area contributed by atoms with Gasteiger partial charge in [0.1, 0.15) is 18.5 Å². The first-order chi connectivity index (χ1) is 18.9. The van der Waals surface area contributed by atoms with Crippen LogP contribution in [0.3, 0.4) is 0 Å². The summed E-state index contributed by atoms with van der Waals surface area (Å²) in [6, 6.07) is 16.3. The van der Waals surface area contributed by atoms with Crippen LogP contribution in [-0.2, 0) is 20.7 Å². The highest BCUT2D eigenvalue weighted by Crippen LogP contribution is 2.41. The molecule has 8 nitrogen and oxygen atoms in total. The summed E-state index contributed by atoms with van der Waals surface area (Å²) in [5.41, 5.74) is 4.00. The Kier molecular flexibility index (Phi) is 8.07. The zero-order valence-corrected chi connectivity index (χ0v) is 21.7. The highest BCUT2D eigenvalue weighted by molar-refractivity contribution is 5.78. The number of pyridine rings is 1. The van der Waals surface area contributed by atoms with Gasteiger partial charge in [-0.2, -0.15) is 9.37 Å². The van der Waals surface area contributed by atoms with Crippen molar-refractivity contribution in [2.75, 3.05) is 13.2 Å². The number of benzene rings is 2. The van der Waals surface area contributed by atoms with E-state index in [1.54, 1.807) is 12.1 Å². The molecule has 2 aromatic carbocycles. The molecule has 3 atom stereocenters. The maximum Gasteiger partial charge on any atom is 0.306 e. The molecule has 1 fully saturated rings. The Morgan fingerprint density at radius 1 is 1.10 bits per heavy atom. The van der Waals surface area contributed by atoms with Crippen LogP contribution >= 0.6 is 0 Å². The zero-order valence-electron chi connectivity index (χ0n) is 21.7. The van der Waals surface area contributed by atoms with Crippen molar-refractivity contribution >= 4 is 11.9 Å². The first-order valence-corrected chi connectivity index (χ1v) is 13.2. The Morgan fingerprint density at radius 3 is 2.62 bits per heavy atom. The van der Waals surface area contributed by atoms with Gasteiger partial charge in [0.2, 0.25) is 17.7 Å². The molecule has 39 heavy (non-hydrogen) atoms. The van der Waals surface area contributed by atoms with Crippen molar-refractivity contribution in [3.8, 4) is 22.8 Å². The van der Waals surface area contributed by atoms with E-state index in [9.17, 15) is 9.59 Å². The van der Waals surface area contributed by atoms with Crippen LogP contribution in [0.25, 0.3) is 11.1 Å². The highest BCUT2D eigenvalue weighted by Gasteiger charge is 2.28. The molecule has 1 aliphatic heterocycles. The molecule has 2 heterocycles. The molecule has 1 saturated heterocycles. The van der Waals surface area contributed by atoms with Crippen molar-refractivity contribution in [3.63, 3.8) is 0 Å². The number of carboxylic acid groups (broad SMARTS) is 1. The number of hydrogen-bond donors (Lipinski definition) is 2. The van der Waals surface area contributed by atoms with Gasteiger partial charge in [-0.3, -0.25) is 9.59 Å². The lowest BCUT2D eigenvalue weighted by molar-refractivity contribution is -0.140. The first kappa shape index (κ1) is 26.6. The van der Waals surface area contributed by atoms with E-state index in [-0.39, 0.29) is 37.0 Å². The summed E-state index contributed by atoms with van der Waals surface area (Å²) < 4.78 is 32.6. The molecular weight excluding hydrogens is 503 g/mol. The van der Waals surface area contributed by atoms with Crippen molar-refractivity contribution in [1.82, 2.24) is 10.3 Å². The fraction of sp³-hybridized carbons (Fsp3) is 0.367. The molecule has 3 aromatic rings. The third kappa shape index (κ3) is 6.20. The van der Waals surface area contributed by atoms with E-state index < -0.39 is 18.0 Å². The van der Waals surface area contributed by atoms with E-state index in [2.05, 4.69) is 10.3 Å². The lowest BCUT2D eigenvalue weighted by Crippen LogP contribution is -2.31. The fourth-order valence-electron chi connectivity index (χ4n) is 5.24. The van der Waals surface area contributed by atoms with E-state index in [0.29, 0.717) is 30.8 Å². The summed E-state index contributed by atoms with van der Waals surface area (Å²) in [6.07, 6.45) is 1.85. The van der Waals surface area contributed by atoms with Crippen LogP contribution < -0.4 is 14.8 Å². The van der Waals surface area contributed by atoms with Gasteiger partial charge in [-0.25, -0.2) is 0 Å². The summed E-state index contributed by atoms with van der Waals surface area (Å²) in [5, 5.41) is 12.0. The van der Waals surface area contributed by atoms with Gasteiger partial charge in [0.15, 0.2) is 0 Å². The quantitative estimate of drug-likeness (QED) is 0.327. The van der Waals surface area contributed by atoms with Crippen molar-refractivity contribution in [2.24, 2.45) is 0 Å². The van der Waals surface area contributed by atoms with Crippen molar-refractivity contribution in [2.45, 2.75) is 57.3 Å². The second-order valence-corrected chi connectivity index (χ2v) is 9.73. The number of halogens is 1. The number of hydrogen-bond acceptors (Lipinski definition) is 6. The van der Waals surface area contributed by atoms with Crippen LogP contribution in [0.4, 0.5) is 4.39 Å². The number of carbonyl (C=O) groups is 2. The van der Waals surface area contributed by atoms with Crippen molar-refractivity contribution < 1.29 is 33.3 Å². The molecule has 9 heteroatoms. The van der Waals surface area contributed by atoms with Crippen molar-refractivity contribution in [1.29, 1.82) is 0 Å². The lowest BCUT2D eigenvalue weighted by atomic mass is 9.97. The van der Waals surface area contributed by atoms with Gasteiger partial charge in [-0.05, 0) is 66.6 Å². The second kappa shape index (κ2) is 11.8. The maximum atomic E-state index is 15.1. The number of fused-ring (bicyclic) bond motifs is 1. The van der Waals surface area contributed by atoms with E-state index in [4.69, 9.17) is 19.3 Å².